The Kier molecular flexibility index (Phi) is 4.86. The Labute approximate surface area is 120 Å². The lowest BCUT2D eigenvalue weighted by atomic mass is 10.0. The number of aryl methyl sites for hydroxylation is 1. The van der Waals surface area contributed by atoms with E-state index in [1.54, 1.807) is 0 Å². The van der Waals surface area contributed by atoms with Crippen LogP contribution in [0.15, 0.2) is 48.5 Å². The van der Waals surface area contributed by atoms with E-state index in [-0.39, 0.29) is 0 Å². The first-order valence-corrected chi connectivity index (χ1v) is 7.13. The van der Waals surface area contributed by atoms with E-state index in [1.807, 2.05) is 12.1 Å². The van der Waals surface area contributed by atoms with Gasteiger partial charge >= 0.3 is 0 Å². The minimum atomic E-state index is 0.447. The zero-order chi connectivity index (χ0) is 13.7. The van der Waals surface area contributed by atoms with E-state index in [2.05, 4.69) is 55.6 Å². The molecular weight excluding hydrogens is 254 g/mol. The van der Waals surface area contributed by atoms with Crippen LogP contribution >= 0.6 is 11.6 Å². The molecule has 0 heterocycles. The summed E-state index contributed by atoms with van der Waals surface area (Å²) >= 11 is 5.99. The van der Waals surface area contributed by atoms with Gasteiger partial charge in [-0.1, -0.05) is 48.9 Å². The van der Waals surface area contributed by atoms with Crippen LogP contribution in [0.25, 0.3) is 0 Å². The van der Waals surface area contributed by atoms with Crippen molar-refractivity contribution < 1.29 is 0 Å². The van der Waals surface area contributed by atoms with Gasteiger partial charge < -0.3 is 5.32 Å². The normalized spacial score (nSPS) is 12.2. The van der Waals surface area contributed by atoms with Crippen LogP contribution in [0, 0.1) is 6.92 Å². The predicted octanol–water partition coefficient (Wildman–Crippen LogP) is 5.08. The number of nitrogens with one attached hydrogen (secondary N) is 1. The van der Waals surface area contributed by atoms with Crippen molar-refractivity contribution in [3.8, 4) is 0 Å². The molecule has 2 aromatic carbocycles. The summed E-state index contributed by atoms with van der Waals surface area (Å²) in [6.45, 7) is 4.30. The molecule has 0 radical (unpaired) electrons. The topological polar surface area (TPSA) is 12.0 Å². The molecule has 1 nitrogen and oxygen atoms in total. The third kappa shape index (κ3) is 4.00. The third-order valence-electron chi connectivity index (χ3n) is 3.37. The highest BCUT2D eigenvalue weighted by molar-refractivity contribution is 6.30. The van der Waals surface area contributed by atoms with Crippen molar-refractivity contribution in [1.82, 2.24) is 0 Å². The van der Waals surface area contributed by atoms with Gasteiger partial charge in [0.05, 0.1) is 0 Å². The average Bonchev–Trinajstić information content (AvgIpc) is 2.42. The van der Waals surface area contributed by atoms with E-state index in [1.165, 1.54) is 16.8 Å². The molecule has 0 bridgehead atoms. The molecular formula is C17H20ClN. The molecule has 2 aromatic rings. The third-order valence-corrected chi connectivity index (χ3v) is 3.60. The Hall–Kier alpha value is -1.47. The lowest BCUT2D eigenvalue weighted by molar-refractivity contribution is 0.690. The quantitative estimate of drug-likeness (QED) is 0.801. The van der Waals surface area contributed by atoms with Crippen molar-refractivity contribution in [3.05, 3.63) is 64.7 Å². The molecule has 1 N–H and O–H groups in total. The number of rotatable bonds is 5. The Morgan fingerprint density at radius 3 is 2.47 bits per heavy atom. The van der Waals surface area contributed by atoms with E-state index in [9.17, 15) is 0 Å². The van der Waals surface area contributed by atoms with Crippen LogP contribution in [-0.4, -0.2) is 6.04 Å². The predicted molar refractivity (Wildman–Crippen MR) is 84.0 cm³/mol. The summed E-state index contributed by atoms with van der Waals surface area (Å²) in [4.78, 5) is 0. The molecule has 0 aliphatic heterocycles. The molecule has 0 saturated carbocycles. The summed E-state index contributed by atoms with van der Waals surface area (Å²) in [6, 6.07) is 17.0. The van der Waals surface area contributed by atoms with Crippen LogP contribution in [-0.2, 0) is 6.42 Å². The molecule has 0 fully saturated rings. The summed E-state index contributed by atoms with van der Waals surface area (Å²) in [5.74, 6) is 0. The highest BCUT2D eigenvalue weighted by Gasteiger charge is 2.08. The first-order chi connectivity index (χ1) is 9.19. The smallest absolute Gasteiger partial charge is 0.0410 e. The van der Waals surface area contributed by atoms with Crippen molar-refractivity contribution in [3.63, 3.8) is 0 Å². The minimum Gasteiger partial charge on any atom is -0.382 e. The maximum absolute atomic E-state index is 5.99. The van der Waals surface area contributed by atoms with Gasteiger partial charge in [-0.05, 0) is 49.1 Å². The Balaban J connectivity index is 2.06. The second-order valence-electron chi connectivity index (χ2n) is 4.90. The Morgan fingerprint density at radius 2 is 1.84 bits per heavy atom. The van der Waals surface area contributed by atoms with Crippen LogP contribution in [0.3, 0.4) is 0 Å². The molecule has 0 aliphatic carbocycles. The van der Waals surface area contributed by atoms with Crippen LogP contribution in [0.4, 0.5) is 5.69 Å². The average molecular weight is 274 g/mol. The van der Waals surface area contributed by atoms with Gasteiger partial charge in [0.2, 0.25) is 0 Å². The lowest BCUT2D eigenvalue weighted by Crippen LogP contribution is -2.21. The van der Waals surface area contributed by atoms with E-state index in [0.717, 1.165) is 17.9 Å². The summed E-state index contributed by atoms with van der Waals surface area (Å²) in [5, 5.41) is 4.40. The Bertz CT molecular complexity index is 522. The van der Waals surface area contributed by atoms with Crippen LogP contribution in [0.1, 0.15) is 24.5 Å². The standard InChI is InChI=1S/C17H20ClN/c1-3-16(12-14-7-5-4-6-8-14)19-17-10-9-15(18)11-13(17)2/h4-11,16,19H,3,12H2,1-2H3. The highest BCUT2D eigenvalue weighted by Crippen LogP contribution is 2.21. The SMILES string of the molecule is CCC(Cc1ccccc1)Nc1ccc(Cl)cc1C. The number of hydrogen-bond acceptors (Lipinski definition) is 1. The van der Waals surface area contributed by atoms with Gasteiger partial charge in [-0.3, -0.25) is 0 Å². The number of halogens is 1. The summed E-state index contributed by atoms with van der Waals surface area (Å²) in [5.41, 5.74) is 3.74. The second kappa shape index (κ2) is 6.63. The maximum Gasteiger partial charge on any atom is 0.0410 e. The summed E-state index contributed by atoms with van der Waals surface area (Å²) in [7, 11) is 0. The van der Waals surface area contributed by atoms with Gasteiger partial charge in [0.15, 0.2) is 0 Å². The van der Waals surface area contributed by atoms with Gasteiger partial charge in [0.25, 0.3) is 0 Å². The molecule has 100 valence electrons. The molecule has 2 heteroatoms. The lowest BCUT2D eigenvalue weighted by Gasteiger charge is -2.20. The molecule has 0 amide bonds. The first kappa shape index (κ1) is 14.0. The monoisotopic (exact) mass is 273 g/mol. The number of benzene rings is 2. The molecule has 1 atom stereocenters. The fourth-order valence-corrected chi connectivity index (χ4v) is 2.43. The van der Waals surface area contributed by atoms with Gasteiger partial charge in [0, 0.05) is 16.8 Å². The van der Waals surface area contributed by atoms with Gasteiger partial charge in [-0.2, -0.15) is 0 Å². The van der Waals surface area contributed by atoms with Crippen molar-refractivity contribution in [2.45, 2.75) is 32.7 Å². The molecule has 0 saturated heterocycles. The van der Waals surface area contributed by atoms with E-state index >= 15 is 0 Å². The van der Waals surface area contributed by atoms with Gasteiger partial charge in [-0.25, -0.2) is 0 Å². The Morgan fingerprint density at radius 1 is 1.11 bits per heavy atom. The van der Waals surface area contributed by atoms with E-state index in [4.69, 9.17) is 11.6 Å². The number of anilines is 1. The molecule has 0 aliphatic rings. The zero-order valence-electron chi connectivity index (χ0n) is 11.5. The first-order valence-electron chi connectivity index (χ1n) is 6.75. The van der Waals surface area contributed by atoms with E-state index < -0.39 is 0 Å². The maximum atomic E-state index is 5.99. The fraction of sp³-hybridized carbons (Fsp3) is 0.294. The molecule has 0 aromatic heterocycles. The van der Waals surface area contributed by atoms with Crippen LogP contribution in [0.5, 0.6) is 0 Å². The van der Waals surface area contributed by atoms with E-state index in [0.29, 0.717) is 6.04 Å². The van der Waals surface area contributed by atoms with Gasteiger partial charge in [0.1, 0.15) is 0 Å². The molecule has 1 unspecified atom stereocenters. The number of hydrogen-bond donors (Lipinski definition) is 1. The molecule has 0 spiro atoms. The van der Waals surface area contributed by atoms with Crippen LogP contribution in [0.2, 0.25) is 5.02 Å². The molecule has 19 heavy (non-hydrogen) atoms. The minimum absolute atomic E-state index is 0.447. The highest BCUT2D eigenvalue weighted by atomic mass is 35.5. The van der Waals surface area contributed by atoms with Crippen LogP contribution < -0.4 is 5.32 Å². The summed E-state index contributed by atoms with van der Waals surface area (Å²) < 4.78 is 0. The zero-order valence-corrected chi connectivity index (χ0v) is 12.2. The summed E-state index contributed by atoms with van der Waals surface area (Å²) in [6.07, 6.45) is 2.14. The largest absolute Gasteiger partial charge is 0.382 e. The van der Waals surface area contributed by atoms with Crippen molar-refractivity contribution in [1.29, 1.82) is 0 Å². The van der Waals surface area contributed by atoms with Crippen molar-refractivity contribution >= 4 is 17.3 Å². The fourth-order valence-electron chi connectivity index (χ4n) is 2.20. The molecule has 2 rings (SSSR count). The van der Waals surface area contributed by atoms with Crippen molar-refractivity contribution in [2.24, 2.45) is 0 Å². The van der Waals surface area contributed by atoms with Gasteiger partial charge in [-0.15, -0.1) is 0 Å². The second-order valence-corrected chi connectivity index (χ2v) is 5.33. The van der Waals surface area contributed by atoms with Crippen molar-refractivity contribution in [2.75, 3.05) is 5.32 Å².